The predicted molar refractivity (Wildman–Crippen MR) is 75.8 cm³/mol. The molecule has 110 valence electrons. The first-order chi connectivity index (χ1) is 9.13. The molecule has 2 N–H and O–H groups in total. The number of amides is 2. The van der Waals surface area contributed by atoms with Gasteiger partial charge in [-0.05, 0) is 32.6 Å². The van der Waals surface area contributed by atoms with Gasteiger partial charge >= 0.3 is 0 Å². The molecular weight excluding hydrogens is 242 g/mol. The van der Waals surface area contributed by atoms with Crippen LogP contribution < -0.4 is 10.6 Å². The van der Waals surface area contributed by atoms with E-state index in [4.69, 9.17) is 0 Å². The third-order valence-corrected chi connectivity index (χ3v) is 3.53. The summed E-state index contributed by atoms with van der Waals surface area (Å²) >= 11 is 0. The third kappa shape index (κ3) is 6.57. The number of nitrogens with zero attached hydrogens (tertiary/aromatic N) is 1. The molecule has 5 heteroatoms. The van der Waals surface area contributed by atoms with E-state index in [1.807, 2.05) is 18.7 Å². The second-order valence-electron chi connectivity index (χ2n) is 5.25. The van der Waals surface area contributed by atoms with Gasteiger partial charge in [0, 0.05) is 32.1 Å². The van der Waals surface area contributed by atoms with Crippen molar-refractivity contribution >= 4 is 11.8 Å². The first-order valence-corrected chi connectivity index (χ1v) is 7.41. The predicted octanol–water partition coefficient (Wildman–Crippen LogP) is 0.893. The lowest BCUT2D eigenvalue weighted by molar-refractivity contribution is -0.131. The molecule has 0 aromatic heterocycles. The molecule has 19 heavy (non-hydrogen) atoms. The molecule has 1 saturated heterocycles. The van der Waals surface area contributed by atoms with Crippen LogP contribution >= 0.6 is 0 Å². The third-order valence-electron chi connectivity index (χ3n) is 3.53. The van der Waals surface area contributed by atoms with Crippen LogP contribution in [0.1, 0.15) is 46.0 Å². The fraction of sp³-hybridized carbons (Fsp3) is 0.857. The molecule has 0 spiro atoms. The molecule has 0 bridgehead atoms. The summed E-state index contributed by atoms with van der Waals surface area (Å²) in [5.74, 6) is 0.203. The summed E-state index contributed by atoms with van der Waals surface area (Å²) in [6.07, 6.45) is 4.82. The zero-order chi connectivity index (χ0) is 14.1. The Morgan fingerprint density at radius 1 is 1.21 bits per heavy atom. The van der Waals surface area contributed by atoms with Crippen molar-refractivity contribution in [2.24, 2.45) is 0 Å². The van der Waals surface area contributed by atoms with E-state index < -0.39 is 0 Å². The molecule has 1 aliphatic rings. The molecule has 1 aliphatic heterocycles. The summed E-state index contributed by atoms with van der Waals surface area (Å²) in [5.41, 5.74) is 0. The van der Waals surface area contributed by atoms with Gasteiger partial charge < -0.3 is 15.5 Å². The Balaban J connectivity index is 2.06. The molecule has 5 nitrogen and oxygen atoms in total. The molecule has 0 saturated carbocycles. The van der Waals surface area contributed by atoms with E-state index in [1.54, 1.807) is 0 Å². The second kappa shape index (κ2) is 8.91. The zero-order valence-electron chi connectivity index (χ0n) is 12.2. The highest BCUT2D eigenvalue weighted by molar-refractivity contribution is 5.79. The summed E-state index contributed by atoms with van der Waals surface area (Å²) in [5, 5.41) is 5.96. The maximum Gasteiger partial charge on any atom is 0.236 e. The van der Waals surface area contributed by atoms with E-state index >= 15 is 0 Å². The number of carbonyl (C=O) groups excluding carboxylic acids is 2. The number of hydrogen-bond donors (Lipinski definition) is 2. The molecule has 0 aromatic carbocycles. The lowest BCUT2D eigenvalue weighted by Crippen LogP contribution is -2.42. The Hall–Kier alpha value is -1.10. The van der Waals surface area contributed by atoms with Crippen LogP contribution in [-0.4, -0.2) is 48.9 Å². The Bertz CT molecular complexity index is 288. The molecule has 1 unspecified atom stereocenters. The highest BCUT2D eigenvalue weighted by Crippen LogP contribution is 2.08. The normalized spacial score (nSPS) is 17.1. The van der Waals surface area contributed by atoms with Crippen LogP contribution in [0.5, 0.6) is 0 Å². The molecule has 2 amide bonds. The monoisotopic (exact) mass is 269 g/mol. The van der Waals surface area contributed by atoms with Crippen LogP contribution in [0.4, 0.5) is 0 Å². The Kier molecular flexibility index (Phi) is 7.48. The first-order valence-electron chi connectivity index (χ1n) is 7.41. The van der Waals surface area contributed by atoms with Crippen LogP contribution in [0, 0.1) is 0 Å². The fourth-order valence-corrected chi connectivity index (χ4v) is 2.10. The van der Waals surface area contributed by atoms with Crippen molar-refractivity contribution in [3.8, 4) is 0 Å². The van der Waals surface area contributed by atoms with Gasteiger partial charge in [0.05, 0.1) is 6.54 Å². The molecule has 0 aliphatic carbocycles. The van der Waals surface area contributed by atoms with Crippen LogP contribution in [0.25, 0.3) is 0 Å². The van der Waals surface area contributed by atoms with Crippen molar-refractivity contribution in [1.29, 1.82) is 0 Å². The minimum atomic E-state index is 0.0484. The molecule has 1 heterocycles. The van der Waals surface area contributed by atoms with Crippen LogP contribution in [0.2, 0.25) is 0 Å². The average Bonchev–Trinajstić information content (AvgIpc) is 2.44. The smallest absolute Gasteiger partial charge is 0.236 e. The van der Waals surface area contributed by atoms with Crippen LogP contribution in [-0.2, 0) is 9.59 Å². The van der Waals surface area contributed by atoms with Gasteiger partial charge in [0.25, 0.3) is 0 Å². The zero-order valence-corrected chi connectivity index (χ0v) is 12.2. The van der Waals surface area contributed by atoms with Gasteiger partial charge in [0.15, 0.2) is 0 Å². The lowest BCUT2D eigenvalue weighted by atomic mass is 10.1. The molecular formula is C14H27N3O2. The van der Waals surface area contributed by atoms with Crippen molar-refractivity contribution in [2.45, 2.75) is 52.0 Å². The lowest BCUT2D eigenvalue weighted by Gasteiger charge is -2.26. The molecule has 1 fully saturated rings. The topological polar surface area (TPSA) is 61.4 Å². The van der Waals surface area contributed by atoms with Gasteiger partial charge in [0.2, 0.25) is 11.8 Å². The number of hydrogen-bond acceptors (Lipinski definition) is 3. The number of nitrogens with one attached hydrogen (secondary N) is 2. The maximum atomic E-state index is 11.8. The van der Waals surface area contributed by atoms with Gasteiger partial charge in [-0.2, -0.15) is 0 Å². The fourth-order valence-electron chi connectivity index (χ4n) is 2.10. The highest BCUT2D eigenvalue weighted by Gasteiger charge is 2.15. The maximum absolute atomic E-state index is 11.8. The Labute approximate surface area is 116 Å². The number of rotatable bonds is 7. The summed E-state index contributed by atoms with van der Waals surface area (Å²) in [7, 11) is 0. The van der Waals surface area contributed by atoms with E-state index in [0.717, 1.165) is 32.4 Å². The van der Waals surface area contributed by atoms with E-state index in [2.05, 4.69) is 10.6 Å². The Morgan fingerprint density at radius 2 is 1.89 bits per heavy atom. The number of carbonyl (C=O) groups is 2. The number of piperidine rings is 1. The summed E-state index contributed by atoms with van der Waals surface area (Å²) in [4.78, 5) is 25.3. The molecule has 1 rings (SSSR count). The largest absolute Gasteiger partial charge is 0.354 e. The van der Waals surface area contributed by atoms with Gasteiger partial charge in [-0.15, -0.1) is 0 Å². The van der Waals surface area contributed by atoms with Gasteiger partial charge in [-0.25, -0.2) is 0 Å². The minimum Gasteiger partial charge on any atom is -0.354 e. The first kappa shape index (κ1) is 16.0. The van der Waals surface area contributed by atoms with Crippen molar-refractivity contribution in [3.05, 3.63) is 0 Å². The van der Waals surface area contributed by atoms with Crippen molar-refractivity contribution in [3.63, 3.8) is 0 Å². The van der Waals surface area contributed by atoms with Crippen molar-refractivity contribution in [2.75, 3.05) is 26.2 Å². The second-order valence-corrected chi connectivity index (χ2v) is 5.25. The standard InChI is InChI=1S/C14H27N3O2/c1-3-12(2)16-13(18)7-8-15-11-14(19)17-9-5-4-6-10-17/h12,15H,3-11H2,1-2H3,(H,16,18). The van der Waals surface area contributed by atoms with Crippen molar-refractivity contribution < 1.29 is 9.59 Å². The Morgan fingerprint density at radius 3 is 2.53 bits per heavy atom. The van der Waals surface area contributed by atoms with Crippen molar-refractivity contribution in [1.82, 2.24) is 15.5 Å². The number of likely N-dealkylation sites (tertiary alicyclic amines) is 1. The van der Waals surface area contributed by atoms with Crippen LogP contribution in [0.3, 0.4) is 0 Å². The molecule has 0 radical (unpaired) electrons. The van der Waals surface area contributed by atoms with E-state index in [1.165, 1.54) is 6.42 Å². The van der Waals surface area contributed by atoms with Crippen LogP contribution in [0.15, 0.2) is 0 Å². The summed E-state index contributed by atoms with van der Waals surface area (Å²) < 4.78 is 0. The highest BCUT2D eigenvalue weighted by atomic mass is 16.2. The molecule has 0 aromatic rings. The van der Waals surface area contributed by atoms with E-state index in [-0.39, 0.29) is 17.9 Å². The molecule has 1 atom stereocenters. The van der Waals surface area contributed by atoms with Gasteiger partial charge in [-0.1, -0.05) is 6.92 Å². The average molecular weight is 269 g/mol. The SMILES string of the molecule is CCC(C)NC(=O)CCNCC(=O)N1CCCCC1. The minimum absolute atomic E-state index is 0.0484. The van der Waals surface area contributed by atoms with Gasteiger partial charge in [-0.3, -0.25) is 9.59 Å². The van der Waals surface area contributed by atoms with E-state index in [9.17, 15) is 9.59 Å². The van der Waals surface area contributed by atoms with Gasteiger partial charge in [0.1, 0.15) is 0 Å². The van der Waals surface area contributed by atoms with E-state index in [0.29, 0.717) is 19.5 Å². The summed E-state index contributed by atoms with van der Waals surface area (Å²) in [6.45, 7) is 6.70. The summed E-state index contributed by atoms with van der Waals surface area (Å²) in [6, 6.07) is 0.225. The quantitative estimate of drug-likeness (QED) is 0.675.